The Kier molecular flexibility index (Phi) is 3.98. The quantitative estimate of drug-likeness (QED) is 0.932. The zero-order valence-electron chi connectivity index (χ0n) is 13.7. The van der Waals surface area contributed by atoms with Gasteiger partial charge in [-0.25, -0.2) is 8.42 Å². The van der Waals surface area contributed by atoms with Crippen molar-refractivity contribution < 1.29 is 13.5 Å². The third kappa shape index (κ3) is 2.41. The zero-order chi connectivity index (χ0) is 16.2. The van der Waals surface area contributed by atoms with E-state index in [9.17, 15) is 13.5 Å². The number of hydrogen-bond acceptors (Lipinski definition) is 3. The summed E-state index contributed by atoms with van der Waals surface area (Å²) in [6, 6.07) is 0. The van der Waals surface area contributed by atoms with Gasteiger partial charge >= 0.3 is 0 Å². The number of nitrogens with zero attached hydrogens (tertiary/aromatic N) is 1. The number of sulfonamides is 1. The zero-order valence-corrected chi connectivity index (χ0v) is 14.6. The van der Waals surface area contributed by atoms with Crippen molar-refractivity contribution >= 4 is 10.0 Å². The van der Waals surface area contributed by atoms with Crippen molar-refractivity contribution in [3.63, 3.8) is 0 Å². The van der Waals surface area contributed by atoms with Gasteiger partial charge in [0.1, 0.15) is 0 Å². The van der Waals surface area contributed by atoms with Crippen LogP contribution in [0.5, 0.6) is 0 Å². The molecule has 1 aromatic carbocycles. The first kappa shape index (κ1) is 16.5. The van der Waals surface area contributed by atoms with Crippen molar-refractivity contribution in [1.29, 1.82) is 0 Å². The van der Waals surface area contributed by atoms with Crippen LogP contribution in [0.4, 0.5) is 0 Å². The molecule has 0 saturated carbocycles. The maximum absolute atomic E-state index is 12.9. The molecule has 4 nitrogen and oxygen atoms in total. The van der Waals surface area contributed by atoms with Crippen molar-refractivity contribution in [2.24, 2.45) is 0 Å². The molecule has 1 fully saturated rings. The van der Waals surface area contributed by atoms with Crippen LogP contribution in [0.25, 0.3) is 0 Å². The average molecular weight is 311 g/mol. The van der Waals surface area contributed by atoms with Gasteiger partial charge in [0.05, 0.1) is 10.5 Å². The highest BCUT2D eigenvalue weighted by molar-refractivity contribution is 7.89. The molecule has 1 aliphatic heterocycles. The van der Waals surface area contributed by atoms with Crippen molar-refractivity contribution in [3.8, 4) is 0 Å². The lowest BCUT2D eigenvalue weighted by Crippen LogP contribution is -2.63. The summed E-state index contributed by atoms with van der Waals surface area (Å²) in [6.45, 7) is 12.0. The van der Waals surface area contributed by atoms with Crippen molar-refractivity contribution in [2.75, 3.05) is 13.1 Å². The first-order valence-electron chi connectivity index (χ1n) is 7.34. The smallest absolute Gasteiger partial charge is 0.243 e. The van der Waals surface area contributed by atoms with Gasteiger partial charge in [0.2, 0.25) is 10.0 Å². The number of hydrogen-bond donors (Lipinski definition) is 1. The van der Waals surface area contributed by atoms with E-state index in [1.54, 1.807) is 0 Å². The van der Waals surface area contributed by atoms with Crippen LogP contribution < -0.4 is 0 Å². The van der Waals surface area contributed by atoms with Crippen LogP contribution >= 0.6 is 0 Å². The molecule has 0 amide bonds. The number of aliphatic hydroxyl groups is 1. The molecule has 118 valence electrons. The van der Waals surface area contributed by atoms with Gasteiger partial charge in [-0.2, -0.15) is 4.31 Å². The molecule has 1 aromatic rings. The molecule has 0 radical (unpaired) electrons. The van der Waals surface area contributed by atoms with Gasteiger partial charge in [0, 0.05) is 13.1 Å². The largest absolute Gasteiger partial charge is 0.387 e. The standard InChI is InChI=1S/C16H25NO3S/c1-7-16(18)8-17(9-16)21(19,20)15-13(5)11(3)10(2)12(4)14(15)6/h18H,7-9H2,1-6H3. The normalized spacial score (nSPS) is 18.6. The molecule has 21 heavy (non-hydrogen) atoms. The van der Waals surface area contributed by atoms with Crippen LogP contribution in [0.1, 0.15) is 41.2 Å². The predicted molar refractivity (Wildman–Crippen MR) is 84.1 cm³/mol. The Morgan fingerprint density at radius 2 is 1.33 bits per heavy atom. The molecule has 0 aromatic heterocycles. The van der Waals surface area contributed by atoms with Crippen molar-refractivity contribution in [1.82, 2.24) is 4.31 Å². The Bertz CT molecular complexity index is 657. The number of β-amino-alcohol motifs (C(OH)–C–C–N with tert-alkyl or cyclic N) is 1. The molecule has 1 saturated heterocycles. The predicted octanol–water partition coefficient (Wildman–Crippen LogP) is 2.37. The Morgan fingerprint density at radius 3 is 1.71 bits per heavy atom. The van der Waals surface area contributed by atoms with Gasteiger partial charge in [-0.3, -0.25) is 0 Å². The highest BCUT2D eigenvalue weighted by Gasteiger charge is 2.46. The van der Waals surface area contributed by atoms with Crippen LogP contribution in [0.2, 0.25) is 0 Å². The van der Waals surface area contributed by atoms with Gasteiger partial charge in [-0.1, -0.05) is 6.92 Å². The Balaban J connectivity index is 2.53. The summed E-state index contributed by atoms with van der Waals surface area (Å²) in [7, 11) is -3.53. The molecule has 0 aliphatic carbocycles. The van der Waals surface area contributed by atoms with Gasteiger partial charge in [0.25, 0.3) is 0 Å². The molecule has 5 heteroatoms. The number of rotatable bonds is 3. The maximum Gasteiger partial charge on any atom is 0.243 e. The lowest BCUT2D eigenvalue weighted by molar-refractivity contribution is -0.0613. The fourth-order valence-electron chi connectivity index (χ4n) is 2.99. The molecule has 1 N–H and O–H groups in total. The SMILES string of the molecule is CCC1(O)CN(S(=O)(=O)c2c(C)c(C)c(C)c(C)c2C)C1. The summed E-state index contributed by atoms with van der Waals surface area (Å²) in [5.41, 5.74) is 4.00. The second kappa shape index (κ2) is 5.07. The molecule has 1 aliphatic rings. The second-order valence-electron chi connectivity index (χ2n) is 6.31. The average Bonchev–Trinajstić information content (AvgIpc) is 2.39. The minimum Gasteiger partial charge on any atom is -0.387 e. The minimum atomic E-state index is -3.53. The van der Waals surface area contributed by atoms with Crippen LogP contribution in [-0.2, 0) is 10.0 Å². The maximum atomic E-state index is 12.9. The summed E-state index contributed by atoms with van der Waals surface area (Å²) < 4.78 is 27.2. The summed E-state index contributed by atoms with van der Waals surface area (Å²) in [4.78, 5) is 0.418. The van der Waals surface area contributed by atoms with Gasteiger partial charge in [-0.05, 0) is 68.9 Å². The van der Waals surface area contributed by atoms with Crippen molar-refractivity contribution in [2.45, 2.75) is 58.5 Å². The molecular formula is C16H25NO3S. The van der Waals surface area contributed by atoms with Gasteiger partial charge < -0.3 is 5.11 Å². The first-order valence-corrected chi connectivity index (χ1v) is 8.78. The van der Waals surface area contributed by atoms with Crippen LogP contribution in [0.3, 0.4) is 0 Å². The van der Waals surface area contributed by atoms with Crippen LogP contribution in [0, 0.1) is 34.6 Å². The highest BCUT2D eigenvalue weighted by atomic mass is 32.2. The van der Waals surface area contributed by atoms with Gasteiger partial charge in [0.15, 0.2) is 0 Å². The highest BCUT2D eigenvalue weighted by Crippen LogP contribution is 2.35. The second-order valence-corrected chi connectivity index (χ2v) is 8.18. The molecule has 0 spiro atoms. The van der Waals surface area contributed by atoms with E-state index in [1.807, 2.05) is 41.5 Å². The fourth-order valence-corrected chi connectivity index (χ4v) is 5.14. The van der Waals surface area contributed by atoms with E-state index in [0.29, 0.717) is 11.3 Å². The molecular weight excluding hydrogens is 286 g/mol. The molecule has 0 unspecified atom stereocenters. The van der Waals surface area contributed by atoms with Crippen LogP contribution in [0.15, 0.2) is 4.90 Å². The molecule has 1 heterocycles. The summed E-state index contributed by atoms with van der Waals surface area (Å²) in [6.07, 6.45) is 0.572. The Labute approximate surface area is 127 Å². The molecule has 2 rings (SSSR count). The summed E-state index contributed by atoms with van der Waals surface area (Å²) >= 11 is 0. The third-order valence-electron chi connectivity index (χ3n) is 5.13. The van der Waals surface area contributed by atoms with E-state index < -0.39 is 15.6 Å². The first-order chi connectivity index (χ1) is 9.55. The lowest BCUT2D eigenvalue weighted by atomic mass is 9.94. The molecule has 0 bridgehead atoms. The van der Waals surface area contributed by atoms with Crippen LogP contribution in [-0.4, -0.2) is 36.5 Å². The monoisotopic (exact) mass is 311 g/mol. The van der Waals surface area contributed by atoms with Gasteiger partial charge in [-0.15, -0.1) is 0 Å². The van der Waals surface area contributed by atoms with E-state index in [-0.39, 0.29) is 13.1 Å². The lowest BCUT2D eigenvalue weighted by Gasteiger charge is -2.45. The fraction of sp³-hybridized carbons (Fsp3) is 0.625. The Hall–Kier alpha value is -0.910. The van der Waals surface area contributed by atoms with E-state index in [2.05, 4.69) is 0 Å². The van der Waals surface area contributed by atoms with E-state index in [1.165, 1.54) is 4.31 Å². The number of benzene rings is 1. The summed E-state index contributed by atoms with van der Waals surface area (Å²) in [5, 5.41) is 10.1. The Morgan fingerprint density at radius 1 is 0.952 bits per heavy atom. The minimum absolute atomic E-state index is 0.191. The van der Waals surface area contributed by atoms with E-state index >= 15 is 0 Å². The van der Waals surface area contributed by atoms with E-state index in [0.717, 1.165) is 27.8 Å². The van der Waals surface area contributed by atoms with Crippen molar-refractivity contribution in [3.05, 3.63) is 27.8 Å². The summed E-state index contributed by atoms with van der Waals surface area (Å²) in [5.74, 6) is 0. The van der Waals surface area contributed by atoms with E-state index in [4.69, 9.17) is 0 Å². The third-order valence-corrected chi connectivity index (χ3v) is 7.19. The molecule has 0 atom stereocenters. The topological polar surface area (TPSA) is 57.6 Å².